The molecule has 0 spiro atoms. The molecule has 4 N–H and O–H groups in total. The predicted octanol–water partition coefficient (Wildman–Crippen LogP) is 17.6. The van der Waals surface area contributed by atoms with E-state index >= 15 is 0 Å². The molecule has 0 aliphatic heterocycles. The van der Waals surface area contributed by atoms with Crippen molar-refractivity contribution in [3.05, 3.63) is 134 Å². The zero-order chi connectivity index (χ0) is 63.8. The molecule has 0 radical (unpaired) electrons. The molecule has 87 heavy (non-hydrogen) atoms. The number of carbonyl (C=O) groups is 3. The Kier molecular flexibility index (Phi) is 58.8. The number of esters is 3. The molecule has 0 amide bonds. The van der Waals surface area contributed by atoms with Crippen LogP contribution in [0.15, 0.2) is 134 Å². The summed E-state index contributed by atoms with van der Waals surface area (Å²) >= 11 is 0. The minimum Gasteiger partial charge on any atom is -0.463 e. The van der Waals surface area contributed by atoms with Gasteiger partial charge in [-0.05, 0) is 122 Å². The summed E-state index contributed by atoms with van der Waals surface area (Å²) in [4.78, 5) is 58.3. The van der Waals surface area contributed by atoms with E-state index < -0.39 is 91.5 Å². The summed E-state index contributed by atoms with van der Waals surface area (Å²) < 4.78 is 60.7. The monoisotopic (exact) mass is 1260 g/mol. The molecule has 496 valence electrons. The Bertz CT molecular complexity index is 2120. The number of hydrogen-bond donors (Lipinski definition) is 4. The van der Waals surface area contributed by atoms with E-state index in [1.807, 2.05) is 12.2 Å². The van der Waals surface area contributed by atoms with E-state index in [1.54, 1.807) is 0 Å². The average molecular weight is 1260 g/mol. The highest BCUT2D eigenvalue weighted by molar-refractivity contribution is 7.47. The van der Waals surface area contributed by atoms with Gasteiger partial charge in [-0.1, -0.05) is 219 Å². The summed E-state index contributed by atoms with van der Waals surface area (Å²) in [5.41, 5.74) is 0. The smallest absolute Gasteiger partial charge is 0.463 e. The normalized spacial score (nSPS) is 15.2. The lowest BCUT2D eigenvalue weighted by Crippen LogP contribution is -2.30. The average Bonchev–Trinajstić information content (AvgIpc) is 3.59. The second-order valence-electron chi connectivity index (χ2n) is 21.1. The number of ether oxygens (including phenoxy) is 3. The summed E-state index contributed by atoms with van der Waals surface area (Å²) in [6.45, 7) is 2.21. The Morgan fingerprint density at radius 2 is 0.586 bits per heavy atom. The molecule has 0 aromatic carbocycles. The number of allylic oxidation sites excluding steroid dienone is 22. The van der Waals surface area contributed by atoms with Crippen molar-refractivity contribution in [1.82, 2.24) is 0 Å². The van der Waals surface area contributed by atoms with Gasteiger partial charge < -0.3 is 34.2 Å². The highest BCUT2D eigenvalue weighted by Gasteiger charge is 2.29. The fourth-order valence-electron chi connectivity index (χ4n) is 7.99. The van der Waals surface area contributed by atoms with E-state index in [0.29, 0.717) is 25.7 Å². The van der Waals surface area contributed by atoms with Crippen LogP contribution >= 0.6 is 15.6 Å². The Balaban J connectivity index is 4.79. The fraction of sp³-hybridized carbons (Fsp3) is 0.638. The third-order valence-electron chi connectivity index (χ3n) is 12.9. The molecule has 0 aromatic rings. The summed E-state index contributed by atoms with van der Waals surface area (Å²) in [7, 11) is -9.80. The van der Waals surface area contributed by atoms with Crippen molar-refractivity contribution in [2.75, 3.05) is 39.6 Å². The van der Waals surface area contributed by atoms with E-state index in [1.165, 1.54) is 0 Å². The maximum Gasteiger partial charge on any atom is 0.472 e. The van der Waals surface area contributed by atoms with Crippen LogP contribution in [0.3, 0.4) is 0 Å². The van der Waals surface area contributed by atoms with E-state index in [0.717, 1.165) is 161 Å². The van der Waals surface area contributed by atoms with Crippen LogP contribution in [0.5, 0.6) is 0 Å². The Morgan fingerprint density at radius 3 is 0.954 bits per heavy atom. The largest absolute Gasteiger partial charge is 0.472 e. The minimum atomic E-state index is -4.94. The van der Waals surface area contributed by atoms with Crippen LogP contribution in [-0.2, 0) is 55.8 Å². The topological polar surface area (TPSA) is 231 Å². The Morgan fingerprint density at radius 1 is 0.322 bits per heavy atom. The van der Waals surface area contributed by atoms with Crippen molar-refractivity contribution in [3.63, 3.8) is 0 Å². The lowest BCUT2D eigenvalue weighted by atomic mass is 10.1. The fourth-order valence-corrected chi connectivity index (χ4v) is 9.57. The van der Waals surface area contributed by atoms with Crippen LogP contribution < -0.4 is 0 Å². The number of unbranched alkanes of at least 4 members (excludes halogenated alkanes) is 15. The van der Waals surface area contributed by atoms with Crippen LogP contribution in [0.2, 0.25) is 0 Å². The Labute approximate surface area is 525 Å². The lowest BCUT2D eigenvalue weighted by Gasteiger charge is -2.21. The molecular formula is C69H114O16P2. The lowest BCUT2D eigenvalue weighted by molar-refractivity contribution is -0.161. The first kappa shape index (κ1) is 82.7. The predicted molar refractivity (Wildman–Crippen MR) is 353 cm³/mol. The number of hydrogen-bond acceptors (Lipinski definition) is 14. The standard InChI is InChI=1S/C69H114O16P2/c1-4-7-10-13-16-19-22-25-28-31-34-37-40-43-46-49-52-55-67(72)79-58-64(70)59-81-86(75,76)82-60-65(71)61-83-87(77,78)84-63-66(85-69(74)57-54-51-48-45-42-39-36-33-30-27-24-21-18-15-12-9-6-3)62-80-68(73)56-53-50-47-44-41-38-35-32-29-26-23-20-17-14-11-8-5-2/h7-12,16-21,25-30,34,37,43,46,64-66,70-71H,4-6,13-15,22-24,31-33,35-36,38-42,44-45,47-63H2,1-3H3,(H,75,76)(H,77,78)/b10-7-,11-8-,12-9-,19-16-,20-17-,21-18-,28-25-,29-26-,30-27-,37-34-,46-43-. The molecule has 0 aliphatic rings. The van der Waals surface area contributed by atoms with Crippen molar-refractivity contribution in [1.29, 1.82) is 0 Å². The number of phosphoric acid groups is 2. The van der Waals surface area contributed by atoms with Crippen molar-refractivity contribution >= 4 is 33.6 Å². The summed E-state index contributed by atoms with van der Waals surface area (Å²) in [5, 5.41) is 20.5. The van der Waals surface area contributed by atoms with E-state index in [-0.39, 0.29) is 19.3 Å². The SMILES string of the molecule is CC/C=C\C/C=C\C/C=C\C/C=C\C/C=C\CCCC(=O)OCC(O)COP(=O)(O)OCC(O)COP(=O)(O)OCC(COC(=O)CCCCCCCCC/C=C\C/C=C\C/C=C\CC)OC(=O)CCCCCCCCC/C=C\C/C=C\C/C=C\CC. The molecule has 5 atom stereocenters. The van der Waals surface area contributed by atoms with Gasteiger partial charge in [-0.25, -0.2) is 9.13 Å². The number of phosphoric ester groups is 2. The van der Waals surface area contributed by atoms with Crippen molar-refractivity contribution in [2.24, 2.45) is 0 Å². The molecular weight excluding hydrogens is 1150 g/mol. The third kappa shape index (κ3) is 63.1. The highest BCUT2D eigenvalue weighted by atomic mass is 31.2. The van der Waals surface area contributed by atoms with Crippen molar-refractivity contribution in [3.8, 4) is 0 Å². The third-order valence-corrected chi connectivity index (χ3v) is 14.8. The first-order valence-electron chi connectivity index (χ1n) is 32.5. The van der Waals surface area contributed by atoms with Gasteiger partial charge in [0.25, 0.3) is 0 Å². The molecule has 0 saturated carbocycles. The first-order valence-corrected chi connectivity index (χ1v) is 35.5. The van der Waals surface area contributed by atoms with E-state index in [4.69, 9.17) is 32.3 Å². The molecule has 0 aromatic heterocycles. The van der Waals surface area contributed by atoms with Crippen LogP contribution in [0, 0.1) is 0 Å². The Hall–Kier alpha value is -4.31. The van der Waals surface area contributed by atoms with Gasteiger partial charge in [-0.15, -0.1) is 0 Å². The second-order valence-corrected chi connectivity index (χ2v) is 24.0. The van der Waals surface area contributed by atoms with Gasteiger partial charge in [0, 0.05) is 19.3 Å². The molecule has 0 rings (SSSR count). The van der Waals surface area contributed by atoms with Crippen molar-refractivity contribution < 1.29 is 75.8 Å². The first-order chi connectivity index (χ1) is 42.2. The molecule has 16 nitrogen and oxygen atoms in total. The van der Waals surface area contributed by atoms with Crippen LogP contribution in [0.1, 0.15) is 226 Å². The molecule has 0 bridgehead atoms. The van der Waals surface area contributed by atoms with Crippen LogP contribution in [0.25, 0.3) is 0 Å². The maximum atomic E-state index is 12.9. The number of aliphatic hydroxyl groups is 2. The zero-order valence-electron chi connectivity index (χ0n) is 53.4. The van der Waals surface area contributed by atoms with E-state index in [9.17, 15) is 43.5 Å². The molecule has 0 saturated heterocycles. The minimum absolute atomic E-state index is 0.0854. The zero-order valence-corrected chi connectivity index (χ0v) is 55.2. The maximum absolute atomic E-state index is 12.9. The molecule has 0 heterocycles. The van der Waals surface area contributed by atoms with Crippen molar-refractivity contribution in [2.45, 2.75) is 245 Å². The van der Waals surface area contributed by atoms with Gasteiger partial charge in [0.2, 0.25) is 0 Å². The second kappa shape index (κ2) is 61.9. The van der Waals surface area contributed by atoms with Gasteiger partial charge in [0.15, 0.2) is 6.10 Å². The molecule has 18 heteroatoms. The van der Waals surface area contributed by atoms with Crippen LogP contribution in [-0.4, -0.2) is 95.9 Å². The molecule has 0 aliphatic carbocycles. The summed E-state index contributed by atoms with van der Waals surface area (Å²) in [6.07, 6.45) is 70.8. The van der Waals surface area contributed by atoms with Gasteiger partial charge in [0.1, 0.15) is 25.4 Å². The molecule has 5 unspecified atom stereocenters. The summed E-state index contributed by atoms with van der Waals surface area (Å²) in [6, 6.07) is 0. The highest BCUT2D eigenvalue weighted by Crippen LogP contribution is 2.45. The number of rotatable bonds is 60. The summed E-state index contributed by atoms with van der Waals surface area (Å²) in [5.74, 6) is -1.66. The quantitative estimate of drug-likeness (QED) is 0.0146. The van der Waals surface area contributed by atoms with Gasteiger partial charge in [-0.3, -0.25) is 32.5 Å². The van der Waals surface area contributed by atoms with Gasteiger partial charge in [-0.2, -0.15) is 0 Å². The van der Waals surface area contributed by atoms with E-state index in [2.05, 4.69) is 142 Å². The number of carbonyl (C=O) groups excluding carboxylic acids is 3. The number of aliphatic hydroxyl groups excluding tert-OH is 2. The van der Waals surface area contributed by atoms with Gasteiger partial charge >= 0.3 is 33.6 Å². The van der Waals surface area contributed by atoms with Crippen LogP contribution in [0.4, 0.5) is 0 Å². The van der Waals surface area contributed by atoms with Gasteiger partial charge in [0.05, 0.1) is 26.4 Å². The molecule has 0 fully saturated rings.